The van der Waals surface area contributed by atoms with E-state index in [1.807, 2.05) is 0 Å². The molecule has 7 nitrogen and oxygen atoms in total. The average molecular weight is 319 g/mol. The summed E-state index contributed by atoms with van der Waals surface area (Å²) < 4.78 is 0. The van der Waals surface area contributed by atoms with Crippen molar-refractivity contribution in [2.45, 2.75) is 20.8 Å². The van der Waals surface area contributed by atoms with Gasteiger partial charge < -0.3 is 4.90 Å². The molecule has 8 heteroatoms. The Kier molecular flexibility index (Phi) is 884. The van der Waals surface area contributed by atoms with Gasteiger partial charge in [-0.2, -0.15) is 0 Å². The molecule has 0 atom stereocenters. The van der Waals surface area contributed by atoms with Gasteiger partial charge in [0.05, 0.1) is 0 Å². The second-order valence-corrected chi connectivity index (χ2v) is 1.62. The molecule has 0 amide bonds. The summed E-state index contributed by atoms with van der Waals surface area (Å²) in [5, 5.41) is 39.0. The zero-order valence-corrected chi connectivity index (χ0v) is 13.2. The van der Waals surface area contributed by atoms with E-state index in [0.717, 1.165) is 0 Å². The first kappa shape index (κ1) is 52.9. The van der Waals surface area contributed by atoms with Crippen LogP contribution in [-0.2, 0) is 17.1 Å². The maximum Gasteiger partial charge on any atom is 0.0462 e. The van der Waals surface area contributed by atoms with E-state index < -0.39 is 0 Å². The Morgan fingerprint density at radius 3 is 0.600 bits per heavy atom. The number of nitriles is 6. The summed E-state index contributed by atoms with van der Waals surface area (Å²) in [6, 6.07) is 0. The molecule has 112 valence electrons. The Bertz CT molecular complexity index is 159. The summed E-state index contributed by atoms with van der Waals surface area (Å²) in [5.41, 5.74) is 0. The minimum absolute atomic E-state index is 0. The van der Waals surface area contributed by atoms with Crippen LogP contribution < -0.4 is 0 Å². The minimum Gasteiger partial charge on any atom is -0.304 e. The van der Waals surface area contributed by atoms with Crippen LogP contribution in [0.5, 0.6) is 0 Å². The molecule has 0 radical (unpaired) electrons. The van der Waals surface area contributed by atoms with Crippen molar-refractivity contribution in [2.75, 3.05) is 19.6 Å². The number of rotatable bonds is 3. The molecule has 0 aromatic rings. The molecular weight excluding hydrogens is 298 g/mol. The molecule has 0 heterocycles. The monoisotopic (exact) mass is 319 g/mol. The van der Waals surface area contributed by atoms with Crippen molar-refractivity contribution in [3.05, 3.63) is 0 Å². The van der Waals surface area contributed by atoms with E-state index in [1.54, 1.807) is 0 Å². The molecule has 0 N–H and O–H groups in total. The number of nitrogens with zero attached hydrogens (tertiary/aromatic N) is 7. The smallest absolute Gasteiger partial charge is 0.0462 e. The molecule has 20 heavy (non-hydrogen) atoms. The maximum atomic E-state index is 6.50. The summed E-state index contributed by atoms with van der Waals surface area (Å²) in [6.07, 6.45) is 0. The van der Waals surface area contributed by atoms with Crippen LogP contribution >= 0.6 is 0 Å². The van der Waals surface area contributed by atoms with Gasteiger partial charge in [0, 0.05) is 56.5 Å². The van der Waals surface area contributed by atoms with Crippen molar-refractivity contribution in [3.8, 4) is 39.4 Å². The van der Waals surface area contributed by atoms with E-state index in [-0.39, 0.29) is 17.1 Å². The van der Waals surface area contributed by atoms with Gasteiger partial charge in [0.15, 0.2) is 0 Å². The quantitative estimate of drug-likeness (QED) is 0.724. The van der Waals surface area contributed by atoms with Crippen LogP contribution in [0.3, 0.4) is 0 Å². The fourth-order valence-electron chi connectivity index (χ4n) is 0.671. The second kappa shape index (κ2) is 334. The molecule has 0 aromatic carbocycles. The van der Waals surface area contributed by atoms with Crippen LogP contribution in [0.4, 0.5) is 0 Å². The zero-order chi connectivity index (χ0) is 17.7. The topological polar surface area (TPSA) is 146 Å². The maximum absolute atomic E-state index is 6.50. The second-order valence-electron chi connectivity index (χ2n) is 1.62. The Morgan fingerprint density at radius 2 is 0.600 bits per heavy atom. The van der Waals surface area contributed by atoms with E-state index >= 15 is 0 Å². The summed E-state index contributed by atoms with van der Waals surface area (Å²) in [7, 11) is 0. The third-order valence-electron chi connectivity index (χ3n) is 1.34. The van der Waals surface area contributed by atoms with E-state index in [9.17, 15) is 0 Å². The van der Waals surface area contributed by atoms with Crippen molar-refractivity contribution in [3.63, 3.8) is 0 Å². The van der Waals surface area contributed by atoms with Crippen LogP contribution in [0.1, 0.15) is 20.8 Å². The molecular formula is C12H21FeN7. The fourth-order valence-corrected chi connectivity index (χ4v) is 0.671. The molecule has 0 bridgehead atoms. The standard InChI is InChI=1S/C6H15N.6CHN.Fe/c1-4-7(5-2)6-3;6*1-2;/h4-6H2,1-3H3;6*1H;. The molecule has 0 spiro atoms. The van der Waals surface area contributed by atoms with Gasteiger partial charge in [0.1, 0.15) is 0 Å². The first-order valence-electron chi connectivity index (χ1n) is 4.62. The van der Waals surface area contributed by atoms with Gasteiger partial charge in [0.2, 0.25) is 0 Å². The Labute approximate surface area is 133 Å². The predicted molar refractivity (Wildman–Crippen MR) is 73.5 cm³/mol. The molecule has 0 unspecified atom stereocenters. The number of hydrogen-bond donors (Lipinski definition) is 0. The normalized spacial score (nSPS) is 4.20. The van der Waals surface area contributed by atoms with Crippen molar-refractivity contribution in [2.24, 2.45) is 0 Å². The zero-order valence-electron chi connectivity index (χ0n) is 12.1. The van der Waals surface area contributed by atoms with E-state index in [0.29, 0.717) is 0 Å². The average Bonchev–Trinajstić information content (AvgIpc) is 2.60. The molecule has 0 saturated carbocycles. The molecule has 0 fully saturated rings. The van der Waals surface area contributed by atoms with Gasteiger partial charge in [-0.1, -0.05) is 20.8 Å². The van der Waals surface area contributed by atoms with Gasteiger partial charge in [-0.25, -0.2) is 31.6 Å². The summed E-state index contributed by atoms with van der Waals surface area (Å²) >= 11 is 0. The summed E-state index contributed by atoms with van der Waals surface area (Å²) in [6.45, 7) is 31.1. The molecule has 0 saturated heterocycles. The Balaban J connectivity index is -0.0000000159. The summed E-state index contributed by atoms with van der Waals surface area (Å²) in [4.78, 5) is 2.38. The van der Waals surface area contributed by atoms with Gasteiger partial charge in [-0.15, -0.1) is 0 Å². The van der Waals surface area contributed by atoms with E-state index in [4.69, 9.17) is 31.6 Å². The van der Waals surface area contributed by atoms with Crippen LogP contribution in [0.15, 0.2) is 0 Å². The first-order chi connectivity index (χ1) is 9.35. The SMILES string of the molecule is C#N.C#N.C#N.C#N.C#N.C#N.CCN(CC)CC.[Fe]. The molecule has 0 aliphatic rings. The first-order valence-corrected chi connectivity index (χ1v) is 4.62. The van der Waals surface area contributed by atoms with Crippen molar-refractivity contribution in [1.29, 1.82) is 31.6 Å². The predicted octanol–water partition coefficient (Wildman–Crippen LogP) is 2.18. The molecule has 0 aliphatic heterocycles. The van der Waals surface area contributed by atoms with Crippen LogP contribution in [0.2, 0.25) is 0 Å². The van der Waals surface area contributed by atoms with Crippen molar-refractivity contribution in [1.82, 2.24) is 4.90 Å². The molecule has 0 aromatic heterocycles. The Morgan fingerprint density at radius 1 is 0.500 bits per heavy atom. The fraction of sp³-hybridized carbons (Fsp3) is 0.500. The van der Waals surface area contributed by atoms with Crippen LogP contribution in [0.25, 0.3) is 0 Å². The van der Waals surface area contributed by atoms with Crippen LogP contribution in [-0.4, -0.2) is 24.5 Å². The van der Waals surface area contributed by atoms with Gasteiger partial charge in [0.25, 0.3) is 0 Å². The number of hydrogen-bond acceptors (Lipinski definition) is 7. The van der Waals surface area contributed by atoms with Crippen molar-refractivity contribution >= 4 is 0 Å². The molecule has 0 rings (SSSR count). The van der Waals surface area contributed by atoms with Crippen LogP contribution in [0, 0.1) is 71.0 Å². The summed E-state index contributed by atoms with van der Waals surface area (Å²) in [5.74, 6) is 0. The van der Waals surface area contributed by atoms with Gasteiger partial charge >= 0.3 is 0 Å². The Hall–Kier alpha value is -2.58. The van der Waals surface area contributed by atoms with Crippen molar-refractivity contribution < 1.29 is 17.1 Å². The van der Waals surface area contributed by atoms with E-state index in [2.05, 4.69) is 65.1 Å². The largest absolute Gasteiger partial charge is 0.304 e. The third-order valence-corrected chi connectivity index (χ3v) is 1.34. The van der Waals surface area contributed by atoms with E-state index in [1.165, 1.54) is 19.6 Å². The minimum atomic E-state index is 0. The van der Waals surface area contributed by atoms with Gasteiger partial charge in [-0.3, -0.25) is 0 Å². The van der Waals surface area contributed by atoms with Gasteiger partial charge in [-0.05, 0) is 19.6 Å². The molecule has 0 aliphatic carbocycles. The third kappa shape index (κ3) is 274.